The molecule has 0 amide bonds. The summed E-state index contributed by atoms with van der Waals surface area (Å²) in [6.07, 6.45) is 0. The van der Waals surface area contributed by atoms with E-state index in [-0.39, 0.29) is 11.3 Å². The Labute approximate surface area is 85.3 Å². The van der Waals surface area contributed by atoms with Crippen molar-refractivity contribution in [2.45, 2.75) is 23.6 Å². The van der Waals surface area contributed by atoms with Crippen LogP contribution in [-0.2, 0) is 9.53 Å². The molecule has 3 atom stereocenters. The number of hydrogen-bond donors (Lipinski definition) is 0. The molecule has 0 aliphatic carbocycles. The molecule has 13 heavy (non-hydrogen) atoms. The summed E-state index contributed by atoms with van der Waals surface area (Å²) in [5, 5.41) is 1.99. The van der Waals surface area contributed by atoms with Crippen LogP contribution in [0.4, 0.5) is 0 Å². The fraction of sp³-hybridized carbons (Fsp3) is 0.857. The Morgan fingerprint density at radius 3 is 3.00 bits per heavy atom. The highest BCUT2D eigenvalue weighted by Gasteiger charge is 2.42. The zero-order chi connectivity index (χ0) is 9.84. The third kappa shape index (κ3) is 2.34. The van der Waals surface area contributed by atoms with Gasteiger partial charge in [0.1, 0.15) is 11.3 Å². The first-order valence-corrected chi connectivity index (χ1v) is 5.44. The predicted molar refractivity (Wildman–Crippen MR) is 52.1 cm³/mol. The molecule has 3 unspecified atom stereocenters. The van der Waals surface area contributed by atoms with E-state index in [1.807, 2.05) is 0 Å². The van der Waals surface area contributed by atoms with Gasteiger partial charge >= 0.3 is 5.97 Å². The van der Waals surface area contributed by atoms with Crippen molar-refractivity contribution in [3.8, 4) is 0 Å². The fourth-order valence-electron chi connectivity index (χ4n) is 1.14. The highest BCUT2D eigenvalue weighted by molar-refractivity contribution is 8.01. The van der Waals surface area contributed by atoms with Crippen LogP contribution in [0.5, 0.6) is 0 Å². The first-order valence-electron chi connectivity index (χ1n) is 3.95. The molecule has 0 N–H and O–H groups in total. The number of nitrogens with zero attached hydrogens (tertiary/aromatic N) is 1. The fourth-order valence-corrected chi connectivity index (χ4v) is 2.86. The van der Waals surface area contributed by atoms with Gasteiger partial charge in [-0.05, 0) is 6.92 Å². The van der Waals surface area contributed by atoms with E-state index >= 15 is 0 Å². The Morgan fingerprint density at radius 1 is 1.77 bits per heavy atom. The van der Waals surface area contributed by atoms with E-state index in [9.17, 15) is 9.70 Å². The number of rotatable bonds is 3. The van der Waals surface area contributed by atoms with Crippen molar-refractivity contribution >= 4 is 29.3 Å². The summed E-state index contributed by atoms with van der Waals surface area (Å²) in [6, 6.07) is -0.647. The summed E-state index contributed by atoms with van der Waals surface area (Å²) in [5.74, 6) is 0.182. The minimum atomic E-state index is -0.647. The average molecular weight is 224 g/mol. The van der Waals surface area contributed by atoms with Crippen LogP contribution in [0, 0.1) is 4.91 Å². The van der Waals surface area contributed by atoms with Gasteiger partial charge in [0.15, 0.2) is 0 Å². The molecule has 0 spiro atoms. The first kappa shape index (κ1) is 10.8. The number of hydrogen-bond acceptors (Lipinski definition) is 5. The van der Waals surface area contributed by atoms with Gasteiger partial charge in [0.25, 0.3) is 0 Å². The van der Waals surface area contributed by atoms with Gasteiger partial charge in [-0.15, -0.1) is 23.4 Å². The van der Waals surface area contributed by atoms with Crippen molar-refractivity contribution < 1.29 is 9.53 Å². The monoisotopic (exact) mass is 223 g/mol. The highest BCUT2D eigenvalue weighted by Crippen LogP contribution is 2.33. The highest BCUT2D eigenvalue weighted by atomic mass is 35.5. The van der Waals surface area contributed by atoms with Crippen molar-refractivity contribution in [2.75, 3.05) is 12.4 Å². The van der Waals surface area contributed by atoms with Gasteiger partial charge in [-0.1, -0.05) is 5.18 Å². The lowest BCUT2D eigenvalue weighted by Gasteiger charge is -2.11. The van der Waals surface area contributed by atoms with Crippen molar-refractivity contribution in [2.24, 2.45) is 5.18 Å². The molecular weight excluding hydrogens is 214 g/mol. The van der Waals surface area contributed by atoms with Crippen LogP contribution in [-0.4, -0.2) is 35.0 Å². The minimum Gasteiger partial charge on any atom is -0.465 e. The number of thioether (sulfide) groups is 1. The second-order valence-electron chi connectivity index (χ2n) is 2.62. The number of esters is 1. The van der Waals surface area contributed by atoms with Gasteiger partial charge in [0.05, 0.1) is 12.0 Å². The van der Waals surface area contributed by atoms with Crippen LogP contribution in [0.15, 0.2) is 5.18 Å². The molecule has 1 rings (SSSR count). The molecule has 1 saturated heterocycles. The topological polar surface area (TPSA) is 55.7 Å². The Bertz CT molecular complexity index is 214. The molecule has 0 aromatic rings. The summed E-state index contributed by atoms with van der Waals surface area (Å²) in [4.78, 5) is 21.6. The quantitative estimate of drug-likeness (QED) is 0.412. The normalized spacial score (nSPS) is 32.9. The maximum atomic E-state index is 11.3. The van der Waals surface area contributed by atoms with E-state index in [0.29, 0.717) is 12.4 Å². The molecule has 0 aromatic carbocycles. The number of carbonyl (C=O) groups is 1. The zero-order valence-electron chi connectivity index (χ0n) is 7.10. The van der Waals surface area contributed by atoms with Crippen molar-refractivity contribution in [1.29, 1.82) is 0 Å². The van der Waals surface area contributed by atoms with Crippen LogP contribution < -0.4 is 0 Å². The standard InChI is InChI=1S/C7H10ClNO3S/c1-2-12-7(10)6-5(9-11)4(8)3-13-6/h4-6H,2-3H2,1H3. The second kappa shape index (κ2) is 4.81. The van der Waals surface area contributed by atoms with Crippen LogP contribution in [0.3, 0.4) is 0 Å². The average Bonchev–Trinajstić information content (AvgIpc) is 2.47. The predicted octanol–water partition coefficient (Wildman–Crippen LogP) is 1.41. The summed E-state index contributed by atoms with van der Waals surface area (Å²) in [7, 11) is 0. The molecule has 0 radical (unpaired) electrons. The van der Waals surface area contributed by atoms with Crippen LogP contribution in [0.1, 0.15) is 6.92 Å². The molecule has 4 nitrogen and oxygen atoms in total. The summed E-state index contributed by atoms with van der Waals surface area (Å²) in [6.45, 7) is 2.04. The molecule has 1 heterocycles. The Morgan fingerprint density at radius 2 is 2.46 bits per heavy atom. The van der Waals surface area contributed by atoms with E-state index < -0.39 is 11.3 Å². The molecule has 0 aromatic heterocycles. The van der Waals surface area contributed by atoms with Gasteiger partial charge < -0.3 is 4.74 Å². The summed E-state index contributed by atoms with van der Waals surface area (Å²) in [5.41, 5.74) is 0. The van der Waals surface area contributed by atoms with E-state index in [2.05, 4.69) is 5.18 Å². The Balaban J connectivity index is 2.59. The summed E-state index contributed by atoms with van der Waals surface area (Å²) >= 11 is 7.13. The largest absolute Gasteiger partial charge is 0.465 e. The maximum Gasteiger partial charge on any atom is 0.321 e. The van der Waals surface area contributed by atoms with Gasteiger partial charge in [-0.2, -0.15) is 4.91 Å². The lowest BCUT2D eigenvalue weighted by Crippen LogP contribution is -2.31. The Kier molecular flexibility index (Phi) is 3.99. The molecular formula is C7H10ClNO3S. The summed E-state index contributed by atoms with van der Waals surface area (Å²) < 4.78 is 4.79. The number of carbonyl (C=O) groups excluding carboxylic acids is 1. The van der Waals surface area contributed by atoms with Crippen molar-refractivity contribution in [3.05, 3.63) is 4.91 Å². The maximum absolute atomic E-state index is 11.3. The van der Waals surface area contributed by atoms with Crippen LogP contribution >= 0.6 is 23.4 Å². The SMILES string of the molecule is CCOC(=O)C1SCC(Cl)C1N=O. The van der Waals surface area contributed by atoms with E-state index in [1.165, 1.54) is 11.8 Å². The van der Waals surface area contributed by atoms with Gasteiger partial charge in [0, 0.05) is 5.75 Å². The van der Waals surface area contributed by atoms with E-state index in [1.54, 1.807) is 6.92 Å². The lowest BCUT2D eigenvalue weighted by atomic mass is 10.1. The molecule has 0 bridgehead atoms. The van der Waals surface area contributed by atoms with E-state index in [4.69, 9.17) is 16.3 Å². The lowest BCUT2D eigenvalue weighted by molar-refractivity contribution is -0.142. The second-order valence-corrected chi connectivity index (χ2v) is 4.35. The number of ether oxygens (including phenoxy) is 1. The van der Waals surface area contributed by atoms with Gasteiger partial charge in [-0.25, -0.2) is 0 Å². The number of alkyl halides is 1. The Hall–Kier alpha value is -0.290. The minimum absolute atomic E-state index is 0.314. The van der Waals surface area contributed by atoms with Gasteiger partial charge in [0.2, 0.25) is 0 Å². The van der Waals surface area contributed by atoms with Crippen molar-refractivity contribution in [3.63, 3.8) is 0 Å². The van der Waals surface area contributed by atoms with Crippen molar-refractivity contribution in [1.82, 2.24) is 0 Å². The van der Waals surface area contributed by atoms with E-state index in [0.717, 1.165) is 0 Å². The molecule has 74 valence electrons. The number of halogens is 1. The molecule has 1 aliphatic rings. The molecule has 6 heteroatoms. The number of nitroso groups, excluding NO2 is 1. The third-order valence-electron chi connectivity index (χ3n) is 1.76. The molecule has 0 saturated carbocycles. The molecule has 1 fully saturated rings. The van der Waals surface area contributed by atoms with Gasteiger partial charge in [-0.3, -0.25) is 4.79 Å². The third-order valence-corrected chi connectivity index (χ3v) is 3.73. The smallest absolute Gasteiger partial charge is 0.321 e. The first-order chi connectivity index (χ1) is 6.20. The zero-order valence-corrected chi connectivity index (χ0v) is 8.68. The molecule has 1 aliphatic heterocycles. The van der Waals surface area contributed by atoms with Crippen LogP contribution in [0.25, 0.3) is 0 Å². The van der Waals surface area contributed by atoms with Crippen LogP contribution in [0.2, 0.25) is 0 Å².